The summed E-state index contributed by atoms with van der Waals surface area (Å²) < 4.78 is 0. The molecule has 0 aliphatic carbocycles. The van der Waals surface area contributed by atoms with Crippen molar-refractivity contribution in [1.29, 1.82) is 0 Å². The average Bonchev–Trinajstić information content (AvgIpc) is 3.65. The van der Waals surface area contributed by atoms with Crippen LogP contribution in [0.3, 0.4) is 0 Å². The van der Waals surface area contributed by atoms with E-state index in [9.17, 15) is 0 Å². The summed E-state index contributed by atoms with van der Waals surface area (Å²) in [6, 6.07) is 0.0632. The SMILES string of the molecule is CCC1=C/C2=C/c3[n-]c(c(CC)c3CC)/C=C3\[N-]C(/C=c4\[n-]/c(c(CC)c4CC)=C\C1[N-]2)C(CC)=C3CC.[Pt+4]. The minimum atomic E-state index is 0. The summed E-state index contributed by atoms with van der Waals surface area (Å²) in [6.45, 7) is 15.7. The van der Waals surface area contributed by atoms with Gasteiger partial charge in [0.1, 0.15) is 0 Å². The Morgan fingerprint density at radius 2 is 1.15 bits per heavy atom. The van der Waals surface area contributed by atoms with Gasteiger partial charge in [0.25, 0.3) is 0 Å². The number of allylic oxidation sites excluding steroid dienone is 2. The number of rotatable bonds is 7. The zero-order valence-electron chi connectivity index (χ0n) is 24.6. The maximum Gasteiger partial charge on any atom is 4.00 e. The molecule has 3 aliphatic rings. The Bertz CT molecular complexity index is 1470. The summed E-state index contributed by atoms with van der Waals surface area (Å²) >= 11 is 0. The third kappa shape index (κ3) is 5.22. The van der Waals surface area contributed by atoms with Gasteiger partial charge in [-0.1, -0.05) is 118 Å². The fraction of sp³-hybridized carbons (Fsp3) is 0.471. The van der Waals surface area contributed by atoms with Crippen LogP contribution in [0.5, 0.6) is 0 Å². The molecule has 2 atom stereocenters. The van der Waals surface area contributed by atoms with Crippen molar-refractivity contribution in [2.24, 2.45) is 0 Å². The first-order chi connectivity index (χ1) is 18.5. The predicted octanol–water partition coefficient (Wildman–Crippen LogP) is 6.77. The Labute approximate surface area is 249 Å². The van der Waals surface area contributed by atoms with Crippen LogP contribution < -0.4 is 20.7 Å². The molecule has 0 radical (unpaired) electrons. The van der Waals surface area contributed by atoms with E-state index in [4.69, 9.17) is 20.6 Å². The topological polar surface area (TPSA) is 56.4 Å². The van der Waals surface area contributed by atoms with Gasteiger partial charge in [0.15, 0.2) is 0 Å². The van der Waals surface area contributed by atoms with Crippen LogP contribution >= 0.6 is 0 Å². The average molecular weight is 702 g/mol. The van der Waals surface area contributed by atoms with E-state index in [1.54, 1.807) is 0 Å². The van der Waals surface area contributed by atoms with Gasteiger partial charge >= 0.3 is 21.1 Å². The molecule has 0 aromatic carbocycles. The minimum absolute atomic E-state index is 0. The third-order valence-electron chi connectivity index (χ3n) is 8.53. The van der Waals surface area contributed by atoms with E-state index in [2.05, 4.69) is 78.8 Å². The summed E-state index contributed by atoms with van der Waals surface area (Å²) in [4.78, 5) is 10.4. The smallest absolute Gasteiger partial charge is 0.675 e. The van der Waals surface area contributed by atoms with Gasteiger partial charge in [-0.15, -0.1) is 45.6 Å². The Balaban J connectivity index is 0.00000353. The molecule has 3 aliphatic heterocycles. The number of nitrogens with zero attached hydrogens (tertiary/aromatic N) is 4. The third-order valence-corrected chi connectivity index (χ3v) is 8.53. The summed E-state index contributed by atoms with van der Waals surface area (Å²) in [5, 5.41) is 12.7. The maximum absolute atomic E-state index is 5.31. The van der Waals surface area contributed by atoms with Crippen LogP contribution in [-0.2, 0) is 46.7 Å². The fourth-order valence-electron chi connectivity index (χ4n) is 6.64. The van der Waals surface area contributed by atoms with Crippen molar-refractivity contribution in [3.8, 4) is 0 Å². The first-order valence-corrected chi connectivity index (χ1v) is 14.8. The molecule has 2 aromatic heterocycles. The van der Waals surface area contributed by atoms with Gasteiger partial charge in [-0.25, -0.2) is 0 Å². The van der Waals surface area contributed by atoms with Gasteiger partial charge in [0, 0.05) is 0 Å². The number of hydrogen-bond acceptors (Lipinski definition) is 0. The molecule has 0 N–H and O–H groups in total. The number of hydrogen-bond donors (Lipinski definition) is 0. The second kappa shape index (κ2) is 12.4. The van der Waals surface area contributed by atoms with Gasteiger partial charge in [0.2, 0.25) is 0 Å². The van der Waals surface area contributed by atoms with Crippen LogP contribution in [0.4, 0.5) is 0 Å². The number of fused-ring (bicyclic) bond motifs is 8. The molecular formula is C34H42N4Pt. The van der Waals surface area contributed by atoms with Crippen molar-refractivity contribution in [2.75, 3.05) is 0 Å². The van der Waals surface area contributed by atoms with Crippen molar-refractivity contribution < 1.29 is 21.1 Å². The molecule has 0 spiro atoms. The Kier molecular flexibility index (Phi) is 9.37. The van der Waals surface area contributed by atoms with E-state index in [0.717, 1.165) is 78.4 Å². The summed E-state index contributed by atoms with van der Waals surface area (Å²) in [5.41, 5.74) is 13.8. The molecule has 2 unspecified atom stereocenters. The quantitative estimate of drug-likeness (QED) is 0.320. The second-order valence-electron chi connectivity index (χ2n) is 10.5. The van der Waals surface area contributed by atoms with Crippen molar-refractivity contribution in [3.05, 3.63) is 89.2 Å². The van der Waals surface area contributed by atoms with Crippen LogP contribution in [0.2, 0.25) is 0 Å². The standard InChI is InChI=1S/C34H42N4.Pt/c1-8-20-15-21-16-29-22(9-2)23(10-3)31(36-29)18-33-26(13-6)27(14-7)34(38-33)19-32-25(12-5)24(11-4)30(37-32)17-28(20)35-21;/h15-19,28,34H,8-14H2,1-7H3;/q-4;+4/b21-16-,30-17-,32-19-,33-18-;. The molecular weight excluding hydrogens is 659 g/mol. The van der Waals surface area contributed by atoms with Gasteiger partial charge in [-0.3, -0.25) is 0 Å². The Morgan fingerprint density at radius 3 is 1.69 bits per heavy atom. The fourth-order valence-corrected chi connectivity index (χ4v) is 6.64. The molecule has 0 amide bonds. The van der Waals surface area contributed by atoms with Crippen LogP contribution in [-0.4, -0.2) is 12.1 Å². The van der Waals surface area contributed by atoms with Crippen molar-refractivity contribution in [3.63, 3.8) is 0 Å². The summed E-state index contributed by atoms with van der Waals surface area (Å²) in [5.74, 6) is 0. The molecule has 5 heteroatoms. The molecule has 208 valence electrons. The first kappa shape index (κ1) is 29.5. The molecule has 4 nitrogen and oxygen atoms in total. The Hall–Kier alpha value is -2.45. The number of aromatic nitrogens is 2. The molecule has 5 heterocycles. The zero-order valence-corrected chi connectivity index (χ0v) is 26.9. The van der Waals surface area contributed by atoms with Crippen molar-refractivity contribution in [2.45, 2.75) is 105 Å². The van der Waals surface area contributed by atoms with E-state index < -0.39 is 0 Å². The second-order valence-corrected chi connectivity index (χ2v) is 10.5. The van der Waals surface area contributed by atoms with Crippen LogP contribution in [0.1, 0.15) is 101 Å². The van der Waals surface area contributed by atoms with Crippen LogP contribution in [0.25, 0.3) is 34.9 Å². The van der Waals surface area contributed by atoms with Gasteiger partial charge in [-0.2, -0.15) is 0 Å². The van der Waals surface area contributed by atoms with E-state index in [1.165, 1.54) is 39.0 Å². The monoisotopic (exact) mass is 701 g/mol. The summed E-state index contributed by atoms with van der Waals surface area (Å²) in [6.07, 6.45) is 18.2. The zero-order chi connectivity index (χ0) is 27.0. The maximum atomic E-state index is 5.31. The summed E-state index contributed by atoms with van der Waals surface area (Å²) in [7, 11) is 0. The molecule has 5 rings (SSSR count). The van der Waals surface area contributed by atoms with E-state index in [-0.39, 0.29) is 33.1 Å². The minimum Gasteiger partial charge on any atom is -0.675 e. The van der Waals surface area contributed by atoms with E-state index in [0.29, 0.717) is 0 Å². The molecule has 2 aromatic rings. The normalized spacial score (nSPS) is 24.2. The van der Waals surface area contributed by atoms with Crippen molar-refractivity contribution in [1.82, 2.24) is 9.97 Å². The van der Waals surface area contributed by atoms with Gasteiger partial charge in [-0.05, 0) is 44.9 Å². The molecule has 0 saturated heterocycles. The van der Waals surface area contributed by atoms with Crippen molar-refractivity contribution >= 4 is 24.3 Å². The predicted molar refractivity (Wildman–Crippen MR) is 161 cm³/mol. The molecule has 0 saturated carbocycles. The first-order valence-electron chi connectivity index (χ1n) is 14.8. The Morgan fingerprint density at radius 1 is 0.564 bits per heavy atom. The van der Waals surface area contributed by atoms with Crippen LogP contribution in [0, 0.1) is 0 Å². The molecule has 39 heavy (non-hydrogen) atoms. The van der Waals surface area contributed by atoms with Crippen LogP contribution in [0.15, 0.2) is 34.2 Å². The molecule has 8 bridgehead atoms. The van der Waals surface area contributed by atoms with E-state index in [1.807, 2.05) is 0 Å². The van der Waals surface area contributed by atoms with Gasteiger partial charge in [0.05, 0.1) is 0 Å². The van der Waals surface area contributed by atoms with Gasteiger partial charge < -0.3 is 20.6 Å². The largest absolute Gasteiger partial charge is 4.00 e. The van der Waals surface area contributed by atoms with E-state index >= 15 is 0 Å². The molecule has 0 fully saturated rings.